The van der Waals surface area contributed by atoms with E-state index in [4.69, 9.17) is 4.74 Å². The maximum atomic E-state index is 11.0. The molecule has 0 aliphatic rings. The minimum atomic E-state index is -0.492. The number of nitro benzene ring substituents is 1. The summed E-state index contributed by atoms with van der Waals surface area (Å²) in [4.78, 5) is 18.6. The van der Waals surface area contributed by atoms with Gasteiger partial charge in [0.05, 0.1) is 4.92 Å². The standard InChI is InChI=1S/C14H16N4O3/c1-3-15-7-11-8-16-14(17-9-11)21-13-6-10(2)4-5-12(13)18(19)20/h4-6,8-9,15H,3,7H2,1-2H3. The first kappa shape index (κ1) is 14.9. The molecule has 1 aromatic heterocycles. The van der Waals surface area contributed by atoms with Crippen LogP contribution < -0.4 is 10.1 Å². The Morgan fingerprint density at radius 3 is 2.67 bits per heavy atom. The number of ether oxygens (including phenoxy) is 1. The summed E-state index contributed by atoms with van der Waals surface area (Å²) in [7, 11) is 0. The van der Waals surface area contributed by atoms with Gasteiger partial charge in [-0.1, -0.05) is 13.0 Å². The first-order valence-electron chi connectivity index (χ1n) is 6.54. The number of hydrogen-bond acceptors (Lipinski definition) is 6. The predicted octanol–water partition coefficient (Wildman–Crippen LogP) is 2.60. The van der Waals surface area contributed by atoms with Gasteiger partial charge in [0.2, 0.25) is 5.75 Å². The summed E-state index contributed by atoms with van der Waals surface area (Å²) >= 11 is 0. The zero-order chi connectivity index (χ0) is 15.2. The third-order valence-corrected chi connectivity index (χ3v) is 2.77. The molecular formula is C14H16N4O3. The quantitative estimate of drug-likeness (QED) is 0.649. The van der Waals surface area contributed by atoms with E-state index in [0.717, 1.165) is 17.7 Å². The van der Waals surface area contributed by atoms with Crippen molar-refractivity contribution >= 4 is 5.69 Å². The van der Waals surface area contributed by atoms with E-state index in [1.54, 1.807) is 24.5 Å². The van der Waals surface area contributed by atoms with Crippen LogP contribution in [0.4, 0.5) is 5.69 Å². The molecule has 0 saturated carbocycles. The van der Waals surface area contributed by atoms with E-state index in [2.05, 4.69) is 15.3 Å². The summed E-state index contributed by atoms with van der Waals surface area (Å²) in [5.41, 5.74) is 1.67. The zero-order valence-corrected chi connectivity index (χ0v) is 11.9. The Labute approximate surface area is 122 Å². The fourth-order valence-corrected chi connectivity index (χ4v) is 1.71. The van der Waals surface area contributed by atoms with Crippen molar-refractivity contribution in [2.75, 3.05) is 6.54 Å². The number of benzene rings is 1. The Balaban J connectivity index is 2.18. The summed E-state index contributed by atoms with van der Waals surface area (Å²) in [6.45, 7) is 5.36. The van der Waals surface area contributed by atoms with Crippen LogP contribution in [0.5, 0.6) is 11.8 Å². The highest BCUT2D eigenvalue weighted by molar-refractivity contribution is 5.49. The molecule has 0 bridgehead atoms. The van der Waals surface area contributed by atoms with Crippen molar-refractivity contribution in [3.63, 3.8) is 0 Å². The number of hydrogen-bond donors (Lipinski definition) is 1. The highest BCUT2D eigenvalue weighted by atomic mass is 16.6. The number of nitrogens with one attached hydrogen (secondary N) is 1. The van der Waals surface area contributed by atoms with Crippen molar-refractivity contribution in [3.8, 4) is 11.8 Å². The first-order chi connectivity index (χ1) is 10.1. The van der Waals surface area contributed by atoms with Gasteiger partial charge in [-0.2, -0.15) is 0 Å². The molecule has 0 fully saturated rings. The van der Waals surface area contributed by atoms with Crippen LogP contribution in [0.25, 0.3) is 0 Å². The number of rotatable bonds is 6. The molecule has 0 radical (unpaired) electrons. The molecule has 2 rings (SSSR count). The molecular weight excluding hydrogens is 272 g/mol. The highest BCUT2D eigenvalue weighted by Gasteiger charge is 2.16. The van der Waals surface area contributed by atoms with Crippen molar-refractivity contribution in [1.29, 1.82) is 0 Å². The fraction of sp³-hybridized carbons (Fsp3) is 0.286. The Morgan fingerprint density at radius 2 is 2.05 bits per heavy atom. The van der Waals surface area contributed by atoms with Gasteiger partial charge in [-0.05, 0) is 25.1 Å². The molecule has 110 valence electrons. The fourth-order valence-electron chi connectivity index (χ4n) is 1.71. The molecule has 7 heteroatoms. The minimum Gasteiger partial charge on any atom is -0.417 e. The summed E-state index contributed by atoms with van der Waals surface area (Å²) in [5.74, 6) is 0.138. The van der Waals surface area contributed by atoms with Crippen molar-refractivity contribution in [3.05, 3.63) is 51.8 Å². The summed E-state index contributed by atoms with van der Waals surface area (Å²) in [6.07, 6.45) is 3.26. The molecule has 0 spiro atoms. The summed E-state index contributed by atoms with van der Waals surface area (Å²) in [6, 6.07) is 4.74. The Hall–Kier alpha value is -2.54. The van der Waals surface area contributed by atoms with Crippen LogP contribution >= 0.6 is 0 Å². The second-order valence-corrected chi connectivity index (χ2v) is 4.48. The lowest BCUT2D eigenvalue weighted by Gasteiger charge is -2.06. The zero-order valence-electron chi connectivity index (χ0n) is 11.9. The second-order valence-electron chi connectivity index (χ2n) is 4.48. The molecule has 21 heavy (non-hydrogen) atoms. The molecule has 1 aromatic carbocycles. The summed E-state index contributed by atoms with van der Waals surface area (Å²) < 4.78 is 5.43. The van der Waals surface area contributed by atoms with Gasteiger partial charge in [0.15, 0.2) is 0 Å². The minimum absolute atomic E-state index is 0.0870. The third kappa shape index (κ3) is 3.96. The van der Waals surface area contributed by atoms with E-state index in [1.165, 1.54) is 6.07 Å². The maximum absolute atomic E-state index is 11.0. The highest BCUT2D eigenvalue weighted by Crippen LogP contribution is 2.30. The average Bonchev–Trinajstić information content (AvgIpc) is 2.46. The van der Waals surface area contributed by atoms with E-state index >= 15 is 0 Å². The van der Waals surface area contributed by atoms with E-state index in [-0.39, 0.29) is 17.4 Å². The summed E-state index contributed by atoms with van der Waals surface area (Å²) in [5, 5.41) is 14.1. The topological polar surface area (TPSA) is 90.2 Å². The van der Waals surface area contributed by atoms with Crippen molar-refractivity contribution in [2.24, 2.45) is 0 Å². The lowest BCUT2D eigenvalue weighted by Crippen LogP contribution is -2.12. The molecule has 0 aliphatic heterocycles. The van der Waals surface area contributed by atoms with Gasteiger partial charge in [0.1, 0.15) is 0 Å². The molecule has 7 nitrogen and oxygen atoms in total. The molecule has 0 saturated heterocycles. The molecule has 0 aliphatic carbocycles. The van der Waals surface area contributed by atoms with E-state index in [1.807, 2.05) is 13.8 Å². The van der Waals surface area contributed by atoms with Gasteiger partial charge in [0.25, 0.3) is 0 Å². The molecule has 0 unspecified atom stereocenters. The van der Waals surface area contributed by atoms with Gasteiger partial charge in [-0.15, -0.1) is 0 Å². The van der Waals surface area contributed by atoms with Crippen molar-refractivity contribution in [1.82, 2.24) is 15.3 Å². The van der Waals surface area contributed by atoms with Gasteiger partial charge >= 0.3 is 11.7 Å². The number of aromatic nitrogens is 2. The number of aryl methyl sites for hydroxylation is 1. The molecule has 0 amide bonds. The largest absolute Gasteiger partial charge is 0.417 e. The van der Waals surface area contributed by atoms with Crippen LogP contribution in [-0.2, 0) is 6.54 Å². The van der Waals surface area contributed by atoms with Crippen LogP contribution in [0.1, 0.15) is 18.1 Å². The number of nitrogens with zero attached hydrogens (tertiary/aromatic N) is 3. The van der Waals surface area contributed by atoms with E-state index in [9.17, 15) is 10.1 Å². The van der Waals surface area contributed by atoms with Crippen LogP contribution in [0.15, 0.2) is 30.6 Å². The van der Waals surface area contributed by atoms with Gasteiger partial charge < -0.3 is 10.1 Å². The number of nitro groups is 1. The predicted molar refractivity (Wildman–Crippen MR) is 77.3 cm³/mol. The average molecular weight is 288 g/mol. The van der Waals surface area contributed by atoms with Crippen molar-refractivity contribution in [2.45, 2.75) is 20.4 Å². The molecule has 1 heterocycles. The normalized spacial score (nSPS) is 10.4. The first-order valence-corrected chi connectivity index (χ1v) is 6.54. The smallest absolute Gasteiger partial charge is 0.322 e. The Kier molecular flexibility index (Phi) is 4.78. The van der Waals surface area contributed by atoms with E-state index in [0.29, 0.717) is 6.54 Å². The van der Waals surface area contributed by atoms with Crippen LogP contribution in [0, 0.1) is 17.0 Å². The molecule has 1 N–H and O–H groups in total. The maximum Gasteiger partial charge on any atom is 0.322 e. The monoisotopic (exact) mass is 288 g/mol. The van der Waals surface area contributed by atoms with Crippen LogP contribution in [-0.4, -0.2) is 21.4 Å². The van der Waals surface area contributed by atoms with Gasteiger partial charge in [0, 0.05) is 30.6 Å². The molecule has 2 aromatic rings. The lowest BCUT2D eigenvalue weighted by molar-refractivity contribution is -0.385. The van der Waals surface area contributed by atoms with Crippen LogP contribution in [0.3, 0.4) is 0 Å². The third-order valence-electron chi connectivity index (χ3n) is 2.77. The van der Waals surface area contributed by atoms with Gasteiger partial charge in [-0.3, -0.25) is 10.1 Å². The van der Waals surface area contributed by atoms with Crippen molar-refractivity contribution < 1.29 is 9.66 Å². The van der Waals surface area contributed by atoms with E-state index < -0.39 is 4.92 Å². The van der Waals surface area contributed by atoms with Crippen LogP contribution in [0.2, 0.25) is 0 Å². The lowest BCUT2D eigenvalue weighted by atomic mass is 10.2. The molecule has 0 atom stereocenters. The second kappa shape index (κ2) is 6.76. The van der Waals surface area contributed by atoms with Gasteiger partial charge in [-0.25, -0.2) is 9.97 Å². The Bertz CT molecular complexity index is 629. The Morgan fingerprint density at radius 1 is 1.33 bits per heavy atom. The SMILES string of the molecule is CCNCc1cnc(Oc2cc(C)ccc2[N+](=O)[O-])nc1.